The van der Waals surface area contributed by atoms with Gasteiger partial charge >= 0.3 is 0 Å². The fourth-order valence-corrected chi connectivity index (χ4v) is 1.97. The summed E-state index contributed by atoms with van der Waals surface area (Å²) in [6.07, 6.45) is 0. The minimum atomic E-state index is -0.372. The molecule has 0 aliphatic heterocycles. The van der Waals surface area contributed by atoms with Gasteiger partial charge in [-0.3, -0.25) is 0 Å². The van der Waals surface area contributed by atoms with Gasteiger partial charge in [-0.1, -0.05) is 24.3 Å². The summed E-state index contributed by atoms with van der Waals surface area (Å²) < 4.78 is 19.4. The summed E-state index contributed by atoms with van der Waals surface area (Å²) in [5.41, 5.74) is 9.96. The van der Waals surface area contributed by atoms with Gasteiger partial charge in [-0.05, 0) is 55.2 Å². The van der Waals surface area contributed by atoms with Crippen molar-refractivity contribution in [2.45, 2.75) is 33.4 Å². The number of aryl methyl sites for hydroxylation is 2. The predicted molar refractivity (Wildman–Crippen MR) is 79.3 cm³/mol. The van der Waals surface area contributed by atoms with Crippen LogP contribution in [0.3, 0.4) is 0 Å². The van der Waals surface area contributed by atoms with Crippen LogP contribution in [0, 0.1) is 19.7 Å². The van der Waals surface area contributed by atoms with Gasteiger partial charge in [-0.2, -0.15) is 0 Å². The molecule has 0 saturated heterocycles. The van der Waals surface area contributed by atoms with Crippen LogP contribution in [-0.4, -0.2) is 0 Å². The Hall–Kier alpha value is -1.87. The molecule has 0 bridgehead atoms. The summed E-state index contributed by atoms with van der Waals surface area (Å²) >= 11 is 0. The van der Waals surface area contributed by atoms with E-state index in [1.54, 1.807) is 12.1 Å². The maximum atomic E-state index is 13.9. The summed E-state index contributed by atoms with van der Waals surface area (Å²) in [6.45, 7) is 6.29. The number of ether oxygens (including phenoxy) is 1. The van der Waals surface area contributed by atoms with E-state index in [1.807, 2.05) is 19.1 Å². The molecule has 0 aliphatic carbocycles. The van der Waals surface area contributed by atoms with E-state index in [9.17, 15) is 4.39 Å². The molecule has 0 aromatic heterocycles. The number of hydrogen-bond donors (Lipinski definition) is 1. The molecule has 0 saturated carbocycles. The first-order valence-corrected chi connectivity index (χ1v) is 6.71. The van der Waals surface area contributed by atoms with Crippen LogP contribution in [0.4, 0.5) is 4.39 Å². The molecule has 0 heterocycles. The monoisotopic (exact) mass is 273 g/mol. The molecule has 2 aromatic rings. The molecule has 0 amide bonds. The van der Waals surface area contributed by atoms with Gasteiger partial charge in [-0.25, -0.2) is 4.39 Å². The Balaban J connectivity index is 2.09. The average Bonchev–Trinajstić information content (AvgIpc) is 2.41. The molecule has 3 heteroatoms. The van der Waals surface area contributed by atoms with Crippen molar-refractivity contribution in [2.75, 3.05) is 0 Å². The van der Waals surface area contributed by atoms with E-state index >= 15 is 0 Å². The lowest BCUT2D eigenvalue weighted by molar-refractivity contribution is 0.290. The quantitative estimate of drug-likeness (QED) is 0.912. The fraction of sp³-hybridized carbons (Fsp3) is 0.294. The van der Waals surface area contributed by atoms with Gasteiger partial charge in [0.05, 0.1) is 0 Å². The molecule has 106 valence electrons. The lowest BCUT2D eigenvalue weighted by Crippen LogP contribution is -2.06. The van der Waals surface area contributed by atoms with Gasteiger partial charge in [0.2, 0.25) is 0 Å². The van der Waals surface area contributed by atoms with Crippen LogP contribution >= 0.6 is 0 Å². The first-order chi connectivity index (χ1) is 9.47. The Labute approximate surface area is 119 Å². The summed E-state index contributed by atoms with van der Waals surface area (Å²) in [4.78, 5) is 0. The largest absolute Gasteiger partial charge is 0.486 e. The third-order valence-electron chi connectivity index (χ3n) is 3.45. The Morgan fingerprint density at radius 1 is 1.10 bits per heavy atom. The minimum absolute atomic E-state index is 0.182. The standard InChI is InChI=1S/C17H20FNO/c1-11-4-5-14(8-12(11)2)10-20-17-7-6-15(13(3)19)9-16(17)18/h4-9,13H,10,19H2,1-3H3/t13-/m0/s1. The molecule has 0 unspecified atom stereocenters. The number of benzene rings is 2. The normalized spacial score (nSPS) is 12.2. The van der Waals surface area contributed by atoms with Crippen molar-refractivity contribution in [3.8, 4) is 5.75 Å². The Kier molecular flexibility index (Phi) is 4.40. The van der Waals surface area contributed by atoms with Crippen molar-refractivity contribution in [3.63, 3.8) is 0 Å². The van der Waals surface area contributed by atoms with E-state index in [0.29, 0.717) is 6.61 Å². The molecule has 0 radical (unpaired) electrons. The molecule has 1 atom stereocenters. The highest BCUT2D eigenvalue weighted by Crippen LogP contribution is 2.22. The molecule has 0 aliphatic rings. The Morgan fingerprint density at radius 3 is 2.45 bits per heavy atom. The maximum Gasteiger partial charge on any atom is 0.165 e. The SMILES string of the molecule is Cc1ccc(COc2ccc([C@H](C)N)cc2F)cc1C. The molecular formula is C17H20FNO. The van der Waals surface area contributed by atoms with Gasteiger partial charge < -0.3 is 10.5 Å². The third kappa shape index (κ3) is 3.36. The zero-order chi connectivity index (χ0) is 14.7. The van der Waals surface area contributed by atoms with Crippen LogP contribution in [0.2, 0.25) is 0 Å². The molecule has 2 N–H and O–H groups in total. The fourth-order valence-electron chi connectivity index (χ4n) is 1.97. The van der Waals surface area contributed by atoms with Crippen molar-refractivity contribution in [3.05, 3.63) is 64.5 Å². The van der Waals surface area contributed by atoms with Crippen molar-refractivity contribution < 1.29 is 9.13 Å². The Bertz CT molecular complexity index is 608. The molecule has 0 spiro atoms. The average molecular weight is 273 g/mol. The first kappa shape index (κ1) is 14.5. The number of rotatable bonds is 4. The van der Waals surface area contributed by atoms with Crippen LogP contribution in [0.1, 0.15) is 35.2 Å². The van der Waals surface area contributed by atoms with Crippen LogP contribution < -0.4 is 10.5 Å². The summed E-state index contributed by atoms with van der Waals surface area (Å²) in [6, 6.07) is 10.8. The predicted octanol–water partition coefficient (Wildman–Crippen LogP) is 4.04. The van der Waals surface area contributed by atoms with E-state index in [2.05, 4.69) is 19.9 Å². The van der Waals surface area contributed by atoms with E-state index in [0.717, 1.165) is 11.1 Å². The van der Waals surface area contributed by atoms with Crippen LogP contribution in [0.5, 0.6) is 5.75 Å². The first-order valence-electron chi connectivity index (χ1n) is 6.71. The summed E-state index contributed by atoms with van der Waals surface area (Å²) in [5.74, 6) is -0.115. The number of hydrogen-bond acceptors (Lipinski definition) is 2. The minimum Gasteiger partial charge on any atom is -0.486 e. The second kappa shape index (κ2) is 6.06. The van der Waals surface area contributed by atoms with Crippen molar-refractivity contribution in [2.24, 2.45) is 5.73 Å². The van der Waals surface area contributed by atoms with Crippen LogP contribution in [-0.2, 0) is 6.61 Å². The van der Waals surface area contributed by atoms with Gasteiger partial charge in [0.15, 0.2) is 11.6 Å². The van der Waals surface area contributed by atoms with Gasteiger partial charge in [0, 0.05) is 6.04 Å². The second-order valence-corrected chi connectivity index (χ2v) is 5.19. The smallest absolute Gasteiger partial charge is 0.165 e. The summed E-state index contributed by atoms with van der Waals surface area (Å²) in [5, 5.41) is 0. The molecular weight excluding hydrogens is 253 g/mol. The second-order valence-electron chi connectivity index (χ2n) is 5.19. The molecule has 20 heavy (non-hydrogen) atoms. The molecule has 2 aromatic carbocycles. The van der Waals surface area contributed by atoms with Crippen molar-refractivity contribution >= 4 is 0 Å². The number of nitrogens with two attached hydrogens (primary N) is 1. The summed E-state index contributed by atoms with van der Waals surface area (Å²) in [7, 11) is 0. The van der Waals surface area contributed by atoms with Crippen molar-refractivity contribution in [1.82, 2.24) is 0 Å². The maximum absolute atomic E-state index is 13.9. The molecule has 2 nitrogen and oxygen atoms in total. The van der Waals surface area contributed by atoms with E-state index in [1.165, 1.54) is 17.2 Å². The lowest BCUT2D eigenvalue weighted by Gasteiger charge is -2.11. The molecule has 0 fully saturated rings. The number of halogens is 1. The van der Waals surface area contributed by atoms with Crippen molar-refractivity contribution in [1.29, 1.82) is 0 Å². The third-order valence-corrected chi connectivity index (χ3v) is 3.45. The highest BCUT2D eigenvalue weighted by molar-refractivity contribution is 5.32. The van der Waals surface area contributed by atoms with E-state index < -0.39 is 0 Å². The van der Waals surface area contributed by atoms with E-state index in [4.69, 9.17) is 10.5 Å². The zero-order valence-electron chi connectivity index (χ0n) is 12.1. The molecule has 2 rings (SSSR count). The lowest BCUT2D eigenvalue weighted by atomic mass is 10.1. The highest BCUT2D eigenvalue weighted by Gasteiger charge is 2.07. The van der Waals surface area contributed by atoms with Gasteiger partial charge in [0.25, 0.3) is 0 Å². The van der Waals surface area contributed by atoms with Crippen LogP contribution in [0.25, 0.3) is 0 Å². The van der Waals surface area contributed by atoms with Gasteiger partial charge in [0.1, 0.15) is 6.61 Å². The van der Waals surface area contributed by atoms with E-state index in [-0.39, 0.29) is 17.6 Å². The Morgan fingerprint density at radius 2 is 1.85 bits per heavy atom. The highest BCUT2D eigenvalue weighted by atomic mass is 19.1. The van der Waals surface area contributed by atoms with Gasteiger partial charge in [-0.15, -0.1) is 0 Å². The zero-order valence-corrected chi connectivity index (χ0v) is 12.1. The van der Waals surface area contributed by atoms with Crippen LogP contribution in [0.15, 0.2) is 36.4 Å². The topological polar surface area (TPSA) is 35.2 Å².